The van der Waals surface area contributed by atoms with Crippen molar-refractivity contribution in [2.45, 2.75) is 13.5 Å². The SMILES string of the molecule is Cc1cc(COc2nsc3ccccc23)sn1. The highest BCUT2D eigenvalue weighted by Crippen LogP contribution is 2.28. The summed E-state index contributed by atoms with van der Waals surface area (Å²) in [7, 11) is 0. The first-order valence-electron chi connectivity index (χ1n) is 5.22. The van der Waals surface area contributed by atoms with Crippen LogP contribution in [0.4, 0.5) is 0 Å². The summed E-state index contributed by atoms with van der Waals surface area (Å²) < 4.78 is 15.4. The van der Waals surface area contributed by atoms with Crippen molar-refractivity contribution in [1.29, 1.82) is 0 Å². The molecule has 0 amide bonds. The van der Waals surface area contributed by atoms with Gasteiger partial charge in [-0.1, -0.05) is 12.1 Å². The molecule has 3 nitrogen and oxygen atoms in total. The summed E-state index contributed by atoms with van der Waals surface area (Å²) in [6, 6.07) is 10.1. The lowest BCUT2D eigenvalue weighted by atomic mass is 10.3. The summed E-state index contributed by atoms with van der Waals surface area (Å²) in [5.41, 5.74) is 1.04. The lowest BCUT2D eigenvalue weighted by Crippen LogP contribution is -1.92. The van der Waals surface area contributed by atoms with Crippen LogP contribution in [-0.2, 0) is 6.61 Å². The summed E-state index contributed by atoms with van der Waals surface area (Å²) in [6.45, 7) is 2.53. The minimum absolute atomic E-state index is 0.541. The van der Waals surface area contributed by atoms with Crippen molar-refractivity contribution in [3.05, 3.63) is 40.9 Å². The average Bonchev–Trinajstić information content (AvgIpc) is 2.93. The van der Waals surface area contributed by atoms with Crippen LogP contribution in [0.1, 0.15) is 10.6 Å². The number of fused-ring (bicyclic) bond motifs is 1. The van der Waals surface area contributed by atoms with Gasteiger partial charge in [0.25, 0.3) is 0 Å². The van der Waals surface area contributed by atoms with Gasteiger partial charge in [-0.15, -0.1) is 0 Å². The molecule has 5 heteroatoms. The van der Waals surface area contributed by atoms with E-state index in [0.717, 1.165) is 26.5 Å². The number of aryl methyl sites for hydroxylation is 1. The highest BCUT2D eigenvalue weighted by Gasteiger charge is 2.07. The molecule has 0 atom stereocenters. The second-order valence-electron chi connectivity index (χ2n) is 3.71. The molecule has 0 unspecified atom stereocenters. The number of nitrogens with zero attached hydrogens (tertiary/aromatic N) is 2. The second-order valence-corrected chi connectivity index (χ2v) is 5.40. The summed E-state index contributed by atoms with van der Waals surface area (Å²) in [4.78, 5) is 1.12. The third-order valence-corrected chi connectivity index (χ3v) is 4.03. The highest BCUT2D eigenvalue weighted by molar-refractivity contribution is 7.13. The molecule has 0 aliphatic carbocycles. The van der Waals surface area contributed by atoms with E-state index in [9.17, 15) is 0 Å². The van der Waals surface area contributed by atoms with Gasteiger partial charge in [0.15, 0.2) is 0 Å². The monoisotopic (exact) mass is 262 g/mol. The van der Waals surface area contributed by atoms with Crippen LogP contribution >= 0.6 is 23.1 Å². The number of hydrogen-bond donors (Lipinski definition) is 0. The van der Waals surface area contributed by atoms with Gasteiger partial charge in [-0.3, -0.25) is 0 Å². The molecule has 0 fully saturated rings. The Labute approximate surface area is 107 Å². The quantitative estimate of drug-likeness (QED) is 0.723. The zero-order valence-corrected chi connectivity index (χ0v) is 10.8. The van der Waals surface area contributed by atoms with Crippen LogP contribution in [0.15, 0.2) is 30.3 Å². The first-order chi connectivity index (χ1) is 8.33. The highest BCUT2D eigenvalue weighted by atomic mass is 32.1. The summed E-state index contributed by atoms with van der Waals surface area (Å²) in [5, 5.41) is 1.08. The Morgan fingerprint density at radius 2 is 2.06 bits per heavy atom. The maximum Gasteiger partial charge on any atom is 0.233 e. The van der Waals surface area contributed by atoms with Crippen LogP contribution in [0.25, 0.3) is 10.1 Å². The first kappa shape index (κ1) is 10.7. The van der Waals surface area contributed by atoms with Crippen molar-refractivity contribution in [2.24, 2.45) is 0 Å². The minimum Gasteiger partial charge on any atom is -0.471 e. The van der Waals surface area contributed by atoms with Gasteiger partial charge in [0, 0.05) is 0 Å². The standard InChI is InChI=1S/C12H10N2OS2/c1-8-6-9(16-13-8)7-15-12-10-4-2-3-5-11(10)17-14-12/h2-6H,7H2,1H3. The normalized spacial score (nSPS) is 10.9. The predicted octanol–water partition coefficient (Wildman–Crippen LogP) is 3.64. The van der Waals surface area contributed by atoms with E-state index < -0.39 is 0 Å². The second kappa shape index (κ2) is 4.43. The maximum absolute atomic E-state index is 5.73. The van der Waals surface area contributed by atoms with Gasteiger partial charge in [0.2, 0.25) is 5.88 Å². The molecule has 3 aromatic rings. The van der Waals surface area contributed by atoms with Crippen molar-refractivity contribution in [3.63, 3.8) is 0 Å². The molecule has 0 aliphatic heterocycles. The third kappa shape index (κ3) is 2.16. The Kier molecular flexibility index (Phi) is 2.78. The van der Waals surface area contributed by atoms with Crippen molar-refractivity contribution in [1.82, 2.24) is 8.75 Å². The molecule has 0 aliphatic rings. The van der Waals surface area contributed by atoms with Crippen LogP contribution in [0.3, 0.4) is 0 Å². The predicted molar refractivity (Wildman–Crippen MR) is 70.8 cm³/mol. The zero-order chi connectivity index (χ0) is 11.7. The fourth-order valence-electron chi connectivity index (χ4n) is 1.59. The number of benzene rings is 1. The Bertz CT molecular complexity index is 645. The molecular weight excluding hydrogens is 252 g/mol. The molecule has 0 saturated carbocycles. The van der Waals surface area contributed by atoms with E-state index in [1.54, 1.807) is 0 Å². The van der Waals surface area contributed by atoms with Gasteiger partial charge in [-0.2, -0.15) is 8.75 Å². The van der Waals surface area contributed by atoms with E-state index >= 15 is 0 Å². The van der Waals surface area contributed by atoms with Gasteiger partial charge < -0.3 is 4.74 Å². The maximum atomic E-state index is 5.73. The van der Waals surface area contributed by atoms with Gasteiger partial charge in [0.1, 0.15) is 6.61 Å². The van der Waals surface area contributed by atoms with E-state index in [2.05, 4.69) is 14.8 Å². The van der Waals surface area contributed by atoms with Crippen LogP contribution in [0.2, 0.25) is 0 Å². The largest absolute Gasteiger partial charge is 0.471 e. The fraction of sp³-hybridized carbons (Fsp3) is 0.167. The van der Waals surface area contributed by atoms with E-state index in [4.69, 9.17) is 4.74 Å². The van der Waals surface area contributed by atoms with Crippen molar-refractivity contribution in [2.75, 3.05) is 0 Å². The molecule has 0 spiro atoms. The summed E-state index contributed by atoms with van der Waals surface area (Å²) in [6.07, 6.45) is 0. The molecule has 0 radical (unpaired) electrons. The number of hydrogen-bond acceptors (Lipinski definition) is 5. The lowest BCUT2D eigenvalue weighted by molar-refractivity contribution is 0.304. The summed E-state index contributed by atoms with van der Waals surface area (Å²) in [5.74, 6) is 0.719. The van der Waals surface area contributed by atoms with Gasteiger partial charge in [0.05, 0.1) is 20.7 Å². The summed E-state index contributed by atoms with van der Waals surface area (Å²) >= 11 is 2.94. The van der Waals surface area contributed by atoms with E-state index in [-0.39, 0.29) is 0 Å². The van der Waals surface area contributed by atoms with Gasteiger partial charge in [-0.25, -0.2) is 0 Å². The van der Waals surface area contributed by atoms with Gasteiger partial charge in [-0.05, 0) is 48.2 Å². The molecule has 0 bridgehead atoms. The van der Waals surface area contributed by atoms with Crippen molar-refractivity contribution < 1.29 is 4.74 Å². The van der Waals surface area contributed by atoms with Crippen molar-refractivity contribution in [3.8, 4) is 5.88 Å². The van der Waals surface area contributed by atoms with Gasteiger partial charge >= 0.3 is 0 Å². The Morgan fingerprint density at radius 1 is 1.18 bits per heavy atom. The Balaban J connectivity index is 1.81. The van der Waals surface area contributed by atoms with Crippen molar-refractivity contribution >= 4 is 33.2 Å². The number of aromatic nitrogens is 2. The van der Waals surface area contributed by atoms with E-state index in [1.807, 2.05) is 31.2 Å². The first-order valence-corrected chi connectivity index (χ1v) is 6.77. The molecular formula is C12H10N2OS2. The molecule has 0 N–H and O–H groups in total. The molecule has 3 rings (SSSR count). The molecule has 2 aromatic heterocycles. The van der Waals surface area contributed by atoms with E-state index in [1.165, 1.54) is 23.1 Å². The topological polar surface area (TPSA) is 35.0 Å². The molecule has 17 heavy (non-hydrogen) atoms. The van der Waals surface area contributed by atoms with Crippen LogP contribution < -0.4 is 4.74 Å². The zero-order valence-electron chi connectivity index (χ0n) is 9.21. The van der Waals surface area contributed by atoms with Crippen LogP contribution in [0.5, 0.6) is 5.88 Å². The lowest BCUT2D eigenvalue weighted by Gasteiger charge is -2.00. The number of ether oxygens (including phenoxy) is 1. The number of rotatable bonds is 3. The average molecular weight is 262 g/mol. The Hall–Kier alpha value is -1.46. The van der Waals surface area contributed by atoms with Crippen LogP contribution in [-0.4, -0.2) is 8.75 Å². The molecule has 2 heterocycles. The fourth-order valence-corrected chi connectivity index (χ4v) is 2.96. The molecule has 1 aromatic carbocycles. The molecule has 0 saturated heterocycles. The molecule has 86 valence electrons. The minimum atomic E-state index is 0.541. The Morgan fingerprint density at radius 3 is 2.88 bits per heavy atom. The van der Waals surface area contributed by atoms with E-state index in [0.29, 0.717) is 6.61 Å². The third-order valence-electron chi connectivity index (χ3n) is 2.37. The smallest absolute Gasteiger partial charge is 0.233 e. The van der Waals surface area contributed by atoms with Crippen LogP contribution in [0, 0.1) is 6.92 Å².